The van der Waals surface area contributed by atoms with Crippen LogP contribution in [-0.2, 0) is 4.74 Å². The summed E-state index contributed by atoms with van der Waals surface area (Å²) >= 11 is 10.8. The molecule has 0 aliphatic carbocycles. The van der Waals surface area contributed by atoms with Crippen LogP contribution in [0.4, 0.5) is 14.5 Å². The van der Waals surface area contributed by atoms with E-state index in [1.165, 1.54) is 0 Å². The molecule has 0 bridgehead atoms. The molecule has 100 valence electrons. The van der Waals surface area contributed by atoms with Crippen molar-refractivity contribution < 1.29 is 13.5 Å². The van der Waals surface area contributed by atoms with Gasteiger partial charge in [-0.2, -0.15) is 0 Å². The molecular formula is C11H13ClF2N2OS. The number of hydrogen-bond acceptors (Lipinski definition) is 3. The minimum atomic E-state index is -2.44. The van der Waals surface area contributed by atoms with Gasteiger partial charge >= 0.3 is 0 Å². The van der Waals surface area contributed by atoms with E-state index >= 15 is 0 Å². The largest absolute Gasteiger partial charge is 0.389 e. The lowest BCUT2D eigenvalue weighted by Crippen LogP contribution is -2.13. The van der Waals surface area contributed by atoms with Crippen LogP contribution in [0, 0.1) is 0 Å². The van der Waals surface area contributed by atoms with Gasteiger partial charge in [-0.15, -0.1) is 0 Å². The van der Waals surface area contributed by atoms with E-state index in [-0.39, 0.29) is 11.6 Å². The van der Waals surface area contributed by atoms with Crippen LogP contribution in [-0.4, -0.2) is 31.2 Å². The van der Waals surface area contributed by atoms with Gasteiger partial charge in [-0.05, 0) is 18.2 Å². The van der Waals surface area contributed by atoms with Gasteiger partial charge in [0.25, 0.3) is 6.43 Å². The van der Waals surface area contributed by atoms with Crippen LogP contribution in [0.3, 0.4) is 0 Å². The summed E-state index contributed by atoms with van der Waals surface area (Å²) in [6, 6.07) is 5.13. The molecule has 18 heavy (non-hydrogen) atoms. The molecule has 0 aromatic heterocycles. The van der Waals surface area contributed by atoms with E-state index in [4.69, 9.17) is 34.3 Å². The lowest BCUT2D eigenvalue weighted by atomic mass is 10.2. The second kappa shape index (κ2) is 7.45. The van der Waals surface area contributed by atoms with Crippen LogP contribution in [0.15, 0.2) is 18.2 Å². The number of rotatable bonds is 7. The lowest BCUT2D eigenvalue weighted by Gasteiger charge is -2.09. The molecule has 0 radical (unpaired) electrons. The van der Waals surface area contributed by atoms with Crippen LogP contribution >= 0.6 is 23.8 Å². The summed E-state index contributed by atoms with van der Waals surface area (Å²) in [5, 5.41) is 3.43. The SMILES string of the molecule is NC(=S)c1ccc(NCCOCC(F)F)cc1Cl. The minimum absolute atomic E-state index is 0.193. The highest BCUT2D eigenvalue weighted by Crippen LogP contribution is 2.20. The molecule has 0 heterocycles. The smallest absolute Gasteiger partial charge is 0.261 e. The highest BCUT2D eigenvalue weighted by molar-refractivity contribution is 7.80. The predicted octanol–water partition coefficient (Wildman–Crippen LogP) is 2.67. The molecule has 0 spiro atoms. The second-order valence-electron chi connectivity index (χ2n) is 3.45. The molecule has 0 fully saturated rings. The molecule has 1 rings (SSSR count). The van der Waals surface area contributed by atoms with E-state index < -0.39 is 13.0 Å². The van der Waals surface area contributed by atoms with Gasteiger partial charge in [0.1, 0.15) is 11.6 Å². The normalized spacial score (nSPS) is 10.7. The number of halogens is 3. The van der Waals surface area contributed by atoms with E-state index in [9.17, 15) is 8.78 Å². The first-order valence-corrected chi connectivity index (χ1v) is 5.98. The maximum atomic E-state index is 11.8. The van der Waals surface area contributed by atoms with Crippen LogP contribution in [0.25, 0.3) is 0 Å². The van der Waals surface area contributed by atoms with Gasteiger partial charge in [-0.25, -0.2) is 8.78 Å². The zero-order chi connectivity index (χ0) is 13.5. The van der Waals surface area contributed by atoms with Crippen molar-refractivity contribution in [1.82, 2.24) is 0 Å². The third-order valence-corrected chi connectivity index (χ3v) is 2.59. The second-order valence-corrected chi connectivity index (χ2v) is 4.30. The fraction of sp³-hybridized carbons (Fsp3) is 0.364. The monoisotopic (exact) mass is 294 g/mol. The van der Waals surface area contributed by atoms with Gasteiger partial charge in [0.05, 0.1) is 11.6 Å². The Bertz CT molecular complexity index is 418. The number of alkyl halides is 2. The van der Waals surface area contributed by atoms with Crippen LogP contribution in [0.1, 0.15) is 5.56 Å². The Hall–Kier alpha value is -0.980. The van der Waals surface area contributed by atoms with E-state index in [1.54, 1.807) is 18.2 Å². The molecule has 1 aromatic rings. The van der Waals surface area contributed by atoms with Crippen LogP contribution in [0.2, 0.25) is 5.02 Å². The number of hydrogen-bond donors (Lipinski definition) is 2. The van der Waals surface area contributed by atoms with Crippen molar-refractivity contribution in [1.29, 1.82) is 0 Å². The lowest BCUT2D eigenvalue weighted by molar-refractivity contribution is 0.0215. The van der Waals surface area contributed by atoms with Crippen molar-refractivity contribution in [2.75, 3.05) is 25.1 Å². The van der Waals surface area contributed by atoms with Crippen LogP contribution < -0.4 is 11.1 Å². The summed E-state index contributed by atoms with van der Waals surface area (Å²) in [5.74, 6) is 0. The molecule has 1 aromatic carbocycles. The van der Waals surface area contributed by atoms with Gasteiger partial charge in [0.15, 0.2) is 0 Å². The quantitative estimate of drug-likeness (QED) is 0.599. The number of thiocarbonyl (C=S) groups is 1. The van der Waals surface area contributed by atoms with Gasteiger partial charge in [-0.3, -0.25) is 0 Å². The number of ether oxygens (including phenoxy) is 1. The zero-order valence-electron chi connectivity index (χ0n) is 9.46. The summed E-state index contributed by atoms with van der Waals surface area (Å²) in [6.45, 7) is 0.0529. The summed E-state index contributed by atoms with van der Waals surface area (Å²) in [6.07, 6.45) is -2.44. The van der Waals surface area contributed by atoms with E-state index in [0.29, 0.717) is 17.1 Å². The fourth-order valence-electron chi connectivity index (χ4n) is 1.26. The molecule has 0 atom stereocenters. The number of nitrogens with one attached hydrogen (secondary N) is 1. The fourth-order valence-corrected chi connectivity index (χ4v) is 1.78. The first-order chi connectivity index (χ1) is 8.50. The van der Waals surface area contributed by atoms with Crippen LogP contribution in [0.5, 0.6) is 0 Å². The highest BCUT2D eigenvalue weighted by Gasteiger charge is 2.04. The minimum Gasteiger partial charge on any atom is -0.389 e. The van der Waals surface area contributed by atoms with Crippen molar-refractivity contribution in [3.8, 4) is 0 Å². The van der Waals surface area contributed by atoms with Crippen molar-refractivity contribution in [3.63, 3.8) is 0 Å². The summed E-state index contributed by atoms with van der Waals surface area (Å²) in [4.78, 5) is 0.229. The Labute approximate surface area is 114 Å². The van der Waals surface area contributed by atoms with Gasteiger partial charge in [-0.1, -0.05) is 23.8 Å². The van der Waals surface area contributed by atoms with Gasteiger partial charge in [0.2, 0.25) is 0 Å². The molecule has 0 aliphatic heterocycles. The molecule has 0 saturated carbocycles. The van der Waals surface area contributed by atoms with E-state index in [2.05, 4.69) is 5.32 Å². The number of anilines is 1. The average molecular weight is 295 g/mol. The first-order valence-electron chi connectivity index (χ1n) is 5.20. The third kappa shape index (κ3) is 5.12. The van der Waals surface area contributed by atoms with Crippen molar-refractivity contribution >= 4 is 34.5 Å². The first kappa shape index (κ1) is 15.1. The standard InChI is InChI=1S/C11H13ClF2N2OS/c12-9-5-7(1-2-8(9)11(15)18)16-3-4-17-6-10(13)14/h1-2,5,10,16H,3-4,6H2,(H2,15,18). The Morgan fingerprint density at radius 3 is 2.78 bits per heavy atom. The Morgan fingerprint density at radius 1 is 1.50 bits per heavy atom. The molecular weight excluding hydrogens is 282 g/mol. The summed E-state index contributed by atoms with van der Waals surface area (Å²) in [5.41, 5.74) is 6.82. The highest BCUT2D eigenvalue weighted by atomic mass is 35.5. The van der Waals surface area contributed by atoms with Crippen molar-refractivity contribution in [2.24, 2.45) is 5.73 Å². The van der Waals surface area contributed by atoms with Crippen molar-refractivity contribution in [3.05, 3.63) is 28.8 Å². The third-order valence-electron chi connectivity index (χ3n) is 2.05. The topological polar surface area (TPSA) is 47.3 Å². The molecule has 7 heteroatoms. The summed E-state index contributed by atoms with van der Waals surface area (Å²) < 4.78 is 28.3. The maximum Gasteiger partial charge on any atom is 0.261 e. The van der Waals surface area contributed by atoms with Gasteiger partial charge in [0, 0.05) is 17.8 Å². The molecule has 0 amide bonds. The molecule has 3 N–H and O–H groups in total. The van der Waals surface area contributed by atoms with Gasteiger partial charge < -0.3 is 15.8 Å². The van der Waals surface area contributed by atoms with E-state index in [0.717, 1.165) is 5.69 Å². The average Bonchev–Trinajstić information content (AvgIpc) is 2.27. The molecule has 3 nitrogen and oxygen atoms in total. The zero-order valence-corrected chi connectivity index (χ0v) is 11.0. The number of benzene rings is 1. The molecule has 0 aliphatic rings. The molecule has 0 unspecified atom stereocenters. The summed E-state index contributed by atoms with van der Waals surface area (Å²) in [7, 11) is 0. The predicted molar refractivity (Wildman–Crippen MR) is 72.7 cm³/mol. The molecule has 0 saturated heterocycles. The van der Waals surface area contributed by atoms with E-state index in [1.807, 2.05) is 0 Å². The number of nitrogens with two attached hydrogens (primary N) is 1. The Balaban J connectivity index is 2.39. The Morgan fingerprint density at radius 2 is 2.22 bits per heavy atom. The maximum absolute atomic E-state index is 11.8. The Kier molecular flexibility index (Phi) is 6.24. The van der Waals surface area contributed by atoms with Crippen molar-refractivity contribution in [2.45, 2.75) is 6.43 Å².